The smallest absolute Gasteiger partial charge is 0.260 e. The van der Waals surface area contributed by atoms with Gasteiger partial charge in [-0.05, 0) is 30.3 Å². The maximum atomic E-state index is 13.3. The molecular formula is C16H14FN3O2. The molecule has 22 heavy (non-hydrogen) atoms. The van der Waals surface area contributed by atoms with Gasteiger partial charge in [0.25, 0.3) is 5.89 Å². The molecule has 3 rings (SSSR count). The molecule has 112 valence electrons. The Morgan fingerprint density at radius 2 is 1.95 bits per heavy atom. The number of aromatic nitrogens is 2. The number of nitrogens with zero attached hydrogens (tertiary/aromatic N) is 2. The topological polar surface area (TPSA) is 74.2 Å². The van der Waals surface area contributed by atoms with Crippen LogP contribution in [0, 0.1) is 5.82 Å². The summed E-state index contributed by atoms with van der Waals surface area (Å²) in [5.74, 6) is 1.05. The quantitative estimate of drug-likeness (QED) is 0.733. The standard InChI is InChI=1S/C16H14FN3O2/c17-11-6-7-14(18)13(10-11)16-19-15(20-22-16)8-9-21-12-4-2-1-3-5-12/h1-7,10H,8-9,18H2. The highest BCUT2D eigenvalue weighted by atomic mass is 19.1. The van der Waals surface area contributed by atoms with Crippen molar-refractivity contribution in [2.45, 2.75) is 6.42 Å². The minimum Gasteiger partial charge on any atom is -0.493 e. The summed E-state index contributed by atoms with van der Waals surface area (Å²) in [6.07, 6.45) is 0.480. The van der Waals surface area contributed by atoms with Gasteiger partial charge in [0.2, 0.25) is 0 Å². The number of benzene rings is 2. The molecule has 0 bridgehead atoms. The molecule has 5 nitrogen and oxygen atoms in total. The van der Waals surface area contributed by atoms with E-state index in [-0.39, 0.29) is 5.89 Å². The Balaban J connectivity index is 1.65. The number of para-hydroxylation sites is 1. The van der Waals surface area contributed by atoms with Crippen molar-refractivity contribution < 1.29 is 13.7 Å². The predicted molar refractivity (Wildman–Crippen MR) is 79.7 cm³/mol. The Morgan fingerprint density at radius 3 is 2.77 bits per heavy atom. The maximum absolute atomic E-state index is 13.3. The van der Waals surface area contributed by atoms with Gasteiger partial charge in [0, 0.05) is 12.1 Å². The van der Waals surface area contributed by atoms with Gasteiger partial charge in [-0.2, -0.15) is 4.98 Å². The van der Waals surface area contributed by atoms with E-state index in [2.05, 4.69) is 10.1 Å². The molecule has 0 saturated carbocycles. The number of anilines is 1. The Bertz CT molecular complexity index is 759. The highest BCUT2D eigenvalue weighted by Gasteiger charge is 2.12. The summed E-state index contributed by atoms with van der Waals surface area (Å²) in [5, 5.41) is 3.85. The van der Waals surface area contributed by atoms with Gasteiger partial charge in [-0.1, -0.05) is 23.4 Å². The summed E-state index contributed by atoms with van der Waals surface area (Å²) in [7, 11) is 0. The molecule has 0 saturated heterocycles. The fraction of sp³-hybridized carbons (Fsp3) is 0.125. The summed E-state index contributed by atoms with van der Waals surface area (Å²) >= 11 is 0. The number of rotatable bonds is 5. The summed E-state index contributed by atoms with van der Waals surface area (Å²) in [6, 6.07) is 13.5. The highest BCUT2D eigenvalue weighted by molar-refractivity contribution is 5.70. The first-order chi connectivity index (χ1) is 10.7. The number of ether oxygens (including phenoxy) is 1. The van der Waals surface area contributed by atoms with Gasteiger partial charge in [-0.3, -0.25) is 0 Å². The Hall–Kier alpha value is -2.89. The molecule has 0 atom stereocenters. The van der Waals surface area contributed by atoms with Gasteiger partial charge >= 0.3 is 0 Å². The molecule has 3 aromatic rings. The van der Waals surface area contributed by atoms with E-state index in [1.165, 1.54) is 18.2 Å². The average Bonchev–Trinajstić information content (AvgIpc) is 2.99. The second-order valence-corrected chi connectivity index (χ2v) is 4.66. The van der Waals surface area contributed by atoms with Gasteiger partial charge in [-0.25, -0.2) is 4.39 Å². The zero-order valence-corrected chi connectivity index (χ0v) is 11.7. The van der Waals surface area contributed by atoms with Crippen molar-refractivity contribution in [1.29, 1.82) is 0 Å². The molecule has 0 aliphatic carbocycles. The molecule has 1 aromatic heterocycles. The van der Waals surface area contributed by atoms with Gasteiger partial charge in [0.05, 0.1) is 12.2 Å². The summed E-state index contributed by atoms with van der Waals surface area (Å²) < 4.78 is 24.0. The molecular weight excluding hydrogens is 285 g/mol. The van der Waals surface area contributed by atoms with Crippen molar-refractivity contribution >= 4 is 5.69 Å². The Kier molecular flexibility index (Phi) is 4.00. The van der Waals surface area contributed by atoms with E-state index in [1.807, 2.05) is 30.3 Å². The van der Waals surface area contributed by atoms with Crippen LogP contribution in [0.2, 0.25) is 0 Å². The largest absolute Gasteiger partial charge is 0.493 e. The molecule has 1 heterocycles. The highest BCUT2D eigenvalue weighted by Crippen LogP contribution is 2.25. The second kappa shape index (κ2) is 6.26. The number of nitrogen functional groups attached to an aromatic ring is 1. The lowest BCUT2D eigenvalue weighted by atomic mass is 10.2. The number of halogens is 1. The lowest BCUT2D eigenvalue weighted by Crippen LogP contribution is -2.02. The van der Waals surface area contributed by atoms with Gasteiger partial charge < -0.3 is 15.0 Å². The first-order valence-electron chi connectivity index (χ1n) is 6.78. The minimum atomic E-state index is -0.406. The lowest BCUT2D eigenvalue weighted by Gasteiger charge is -2.03. The summed E-state index contributed by atoms with van der Waals surface area (Å²) in [6.45, 7) is 0.418. The Morgan fingerprint density at radius 1 is 1.14 bits per heavy atom. The third-order valence-electron chi connectivity index (χ3n) is 3.05. The SMILES string of the molecule is Nc1ccc(F)cc1-c1nc(CCOc2ccccc2)no1. The molecule has 0 aliphatic heterocycles. The van der Waals surface area contributed by atoms with E-state index < -0.39 is 5.82 Å². The number of nitrogens with two attached hydrogens (primary N) is 1. The van der Waals surface area contributed by atoms with Crippen molar-refractivity contribution in [2.75, 3.05) is 12.3 Å². The summed E-state index contributed by atoms with van der Waals surface area (Å²) in [4.78, 5) is 4.21. The first kappa shape index (κ1) is 14.1. The van der Waals surface area contributed by atoms with Crippen LogP contribution in [0.5, 0.6) is 5.75 Å². The molecule has 2 N–H and O–H groups in total. The fourth-order valence-corrected chi connectivity index (χ4v) is 1.96. The van der Waals surface area contributed by atoms with Crippen LogP contribution in [0.1, 0.15) is 5.82 Å². The fourth-order valence-electron chi connectivity index (χ4n) is 1.96. The molecule has 6 heteroatoms. The van der Waals surface area contributed by atoms with E-state index in [9.17, 15) is 4.39 Å². The van der Waals surface area contributed by atoms with Crippen LogP contribution < -0.4 is 10.5 Å². The van der Waals surface area contributed by atoms with Crippen LogP contribution in [0.3, 0.4) is 0 Å². The third-order valence-corrected chi connectivity index (χ3v) is 3.05. The van der Waals surface area contributed by atoms with E-state index in [0.717, 1.165) is 5.75 Å². The van der Waals surface area contributed by atoms with Gasteiger partial charge in [-0.15, -0.1) is 0 Å². The van der Waals surface area contributed by atoms with Crippen LogP contribution in [-0.2, 0) is 6.42 Å². The van der Waals surface area contributed by atoms with Crippen molar-refractivity contribution in [3.63, 3.8) is 0 Å². The van der Waals surface area contributed by atoms with Crippen molar-refractivity contribution in [1.82, 2.24) is 10.1 Å². The first-order valence-corrected chi connectivity index (χ1v) is 6.78. The van der Waals surface area contributed by atoms with E-state index in [4.69, 9.17) is 15.0 Å². The third kappa shape index (κ3) is 3.22. The van der Waals surface area contributed by atoms with Crippen LogP contribution in [0.25, 0.3) is 11.5 Å². The number of hydrogen-bond donors (Lipinski definition) is 1. The molecule has 0 fully saturated rings. The van der Waals surface area contributed by atoms with E-state index >= 15 is 0 Å². The molecule has 0 unspecified atom stereocenters. The van der Waals surface area contributed by atoms with Crippen LogP contribution >= 0.6 is 0 Å². The molecule has 0 aliphatic rings. The Labute approximate surface area is 126 Å². The van der Waals surface area contributed by atoms with Crippen LogP contribution in [-0.4, -0.2) is 16.7 Å². The van der Waals surface area contributed by atoms with Gasteiger partial charge in [0.15, 0.2) is 5.82 Å². The minimum absolute atomic E-state index is 0.201. The predicted octanol–water partition coefficient (Wildman–Crippen LogP) is 3.08. The average molecular weight is 299 g/mol. The zero-order valence-electron chi connectivity index (χ0n) is 11.7. The monoisotopic (exact) mass is 299 g/mol. The maximum Gasteiger partial charge on any atom is 0.260 e. The molecule has 2 aromatic carbocycles. The molecule has 0 spiro atoms. The van der Waals surface area contributed by atoms with E-state index in [1.54, 1.807) is 0 Å². The lowest BCUT2D eigenvalue weighted by molar-refractivity contribution is 0.315. The van der Waals surface area contributed by atoms with Crippen molar-refractivity contribution in [2.24, 2.45) is 0 Å². The number of hydrogen-bond acceptors (Lipinski definition) is 5. The van der Waals surface area contributed by atoms with Crippen molar-refractivity contribution in [3.8, 4) is 17.2 Å². The van der Waals surface area contributed by atoms with E-state index in [0.29, 0.717) is 30.1 Å². The molecule has 0 amide bonds. The molecule has 0 radical (unpaired) electrons. The van der Waals surface area contributed by atoms with Crippen LogP contribution in [0.4, 0.5) is 10.1 Å². The zero-order chi connectivity index (χ0) is 15.4. The van der Waals surface area contributed by atoms with Crippen LogP contribution in [0.15, 0.2) is 53.1 Å². The normalized spacial score (nSPS) is 10.6. The van der Waals surface area contributed by atoms with Gasteiger partial charge in [0.1, 0.15) is 11.6 Å². The summed E-state index contributed by atoms with van der Waals surface area (Å²) in [5.41, 5.74) is 6.57. The second-order valence-electron chi connectivity index (χ2n) is 4.66. The van der Waals surface area contributed by atoms with Crippen molar-refractivity contribution in [3.05, 3.63) is 60.2 Å².